The van der Waals surface area contributed by atoms with Gasteiger partial charge >= 0.3 is 5.97 Å². The van der Waals surface area contributed by atoms with Gasteiger partial charge in [-0.15, -0.1) is 11.3 Å². The van der Waals surface area contributed by atoms with Crippen LogP contribution in [0.25, 0.3) is 0 Å². The summed E-state index contributed by atoms with van der Waals surface area (Å²) in [6.45, 7) is 0. The lowest BCUT2D eigenvalue weighted by Crippen LogP contribution is -2.43. The minimum Gasteiger partial charge on any atom is -0.477 e. The maximum Gasteiger partial charge on any atom is 0.347 e. The predicted molar refractivity (Wildman–Crippen MR) is 116 cm³/mol. The fraction of sp³-hybridized carbons (Fsp3) is 0.522. The molecule has 1 aliphatic heterocycles. The lowest BCUT2D eigenvalue weighted by atomic mass is 9.79. The molecule has 160 valence electrons. The Hall–Kier alpha value is -2.25. The van der Waals surface area contributed by atoms with Gasteiger partial charge in [-0.3, -0.25) is 4.79 Å². The summed E-state index contributed by atoms with van der Waals surface area (Å²) in [5, 5.41) is 20.3. The number of aromatic carboxylic acids is 1. The van der Waals surface area contributed by atoms with Crippen molar-refractivity contribution in [1.29, 1.82) is 0 Å². The van der Waals surface area contributed by atoms with Crippen molar-refractivity contribution < 1.29 is 19.8 Å². The molecule has 2 N–H and O–H groups in total. The van der Waals surface area contributed by atoms with E-state index in [1.165, 1.54) is 24.0 Å². The Morgan fingerprint density at radius 1 is 1.20 bits per heavy atom. The topological polar surface area (TPSA) is 90.7 Å². The Labute approximate surface area is 180 Å². The van der Waals surface area contributed by atoms with E-state index in [1.807, 2.05) is 29.2 Å². The molecule has 4 rings (SSSR count). The fourth-order valence-electron chi connectivity index (χ4n) is 4.44. The molecule has 2 fully saturated rings. The van der Waals surface area contributed by atoms with Gasteiger partial charge in [0.25, 0.3) is 0 Å². The lowest BCUT2D eigenvalue weighted by Gasteiger charge is -2.36. The Morgan fingerprint density at radius 3 is 2.60 bits per heavy atom. The molecule has 1 aromatic heterocycles. The van der Waals surface area contributed by atoms with Crippen molar-refractivity contribution in [3.8, 4) is 0 Å². The summed E-state index contributed by atoms with van der Waals surface area (Å²) in [4.78, 5) is 30.1. The number of aliphatic hydroxyl groups excluding tert-OH is 1. The van der Waals surface area contributed by atoms with Crippen molar-refractivity contribution in [1.82, 2.24) is 4.98 Å². The lowest BCUT2D eigenvalue weighted by molar-refractivity contribution is -0.120. The smallest absolute Gasteiger partial charge is 0.347 e. The van der Waals surface area contributed by atoms with Crippen molar-refractivity contribution in [2.45, 2.75) is 69.9 Å². The monoisotopic (exact) mass is 428 g/mol. The summed E-state index contributed by atoms with van der Waals surface area (Å²) in [6, 6.07) is 7.99. The summed E-state index contributed by atoms with van der Waals surface area (Å²) < 4.78 is 0. The van der Waals surface area contributed by atoms with Crippen LogP contribution in [0.2, 0.25) is 0 Å². The Kier molecular flexibility index (Phi) is 6.49. The number of carboxylic acid groups (broad SMARTS) is 1. The Balaban J connectivity index is 1.39. The van der Waals surface area contributed by atoms with Crippen LogP contribution in [0.3, 0.4) is 0 Å². The first-order chi connectivity index (χ1) is 14.5. The number of carbonyl (C=O) groups excluding carboxylic acids is 1. The minimum absolute atomic E-state index is 0.146. The molecule has 1 saturated heterocycles. The number of rotatable bonds is 8. The van der Waals surface area contributed by atoms with Crippen molar-refractivity contribution >= 4 is 28.9 Å². The maximum atomic E-state index is 12.7. The third kappa shape index (κ3) is 4.57. The Morgan fingerprint density at radius 2 is 1.97 bits per heavy atom. The van der Waals surface area contributed by atoms with Gasteiger partial charge < -0.3 is 15.1 Å². The van der Waals surface area contributed by atoms with E-state index in [-0.39, 0.29) is 16.8 Å². The number of amides is 1. The number of hydrogen-bond donors (Lipinski definition) is 2. The van der Waals surface area contributed by atoms with Crippen molar-refractivity contribution in [3.63, 3.8) is 0 Å². The van der Waals surface area contributed by atoms with Crippen molar-refractivity contribution in [2.24, 2.45) is 5.92 Å². The van der Waals surface area contributed by atoms with Gasteiger partial charge in [-0.1, -0.05) is 18.6 Å². The molecule has 1 aliphatic carbocycles. The molecule has 0 spiro atoms. The van der Waals surface area contributed by atoms with E-state index >= 15 is 0 Å². The first-order valence-electron chi connectivity index (χ1n) is 10.8. The molecule has 0 bridgehead atoms. The van der Waals surface area contributed by atoms with Crippen LogP contribution in [-0.2, 0) is 11.2 Å². The van der Waals surface area contributed by atoms with Gasteiger partial charge in [0.1, 0.15) is 4.88 Å². The SMILES string of the molecule is O=C(O)c1cnc(CCCC2CCCC(=O)N2c2ccc(C(O)C3CCC3)cc2)s1. The van der Waals surface area contributed by atoms with Gasteiger partial charge in [0, 0.05) is 18.2 Å². The van der Waals surface area contributed by atoms with Crippen LogP contribution in [0.1, 0.15) is 77.7 Å². The molecule has 0 radical (unpaired) electrons. The average Bonchev–Trinajstić information content (AvgIpc) is 3.16. The van der Waals surface area contributed by atoms with E-state index in [9.17, 15) is 14.7 Å². The van der Waals surface area contributed by atoms with Crippen LogP contribution in [0.4, 0.5) is 5.69 Å². The molecule has 2 aromatic rings. The number of aromatic nitrogens is 1. The molecule has 2 heterocycles. The van der Waals surface area contributed by atoms with E-state index < -0.39 is 12.1 Å². The summed E-state index contributed by atoms with van der Waals surface area (Å²) >= 11 is 1.22. The number of carboxylic acids is 1. The van der Waals surface area contributed by atoms with Gasteiger partial charge in [0.05, 0.1) is 17.3 Å². The van der Waals surface area contributed by atoms with E-state index in [0.717, 1.165) is 61.2 Å². The number of thiazole rings is 1. The molecule has 1 amide bonds. The zero-order chi connectivity index (χ0) is 21.1. The second kappa shape index (κ2) is 9.27. The fourth-order valence-corrected chi connectivity index (χ4v) is 5.24. The maximum absolute atomic E-state index is 12.7. The second-order valence-corrected chi connectivity index (χ2v) is 9.47. The number of aryl methyl sites for hydroxylation is 1. The quantitative estimate of drug-likeness (QED) is 0.642. The highest BCUT2D eigenvalue weighted by Gasteiger charge is 2.30. The number of carbonyl (C=O) groups is 2. The summed E-state index contributed by atoms with van der Waals surface area (Å²) in [5.74, 6) is -0.414. The first kappa shape index (κ1) is 21.0. The van der Waals surface area contributed by atoms with Crippen LogP contribution in [0, 0.1) is 5.92 Å². The number of benzene rings is 1. The standard InChI is InChI=1S/C23H28N2O4S/c26-21-9-3-7-17(6-2-8-20-24-14-19(30-20)23(28)29)25(21)18-12-10-16(11-13-18)22(27)15-4-1-5-15/h10-15,17,22,27H,1-9H2,(H,28,29). The Bertz CT molecular complexity index is 891. The largest absolute Gasteiger partial charge is 0.477 e. The van der Waals surface area contributed by atoms with Crippen LogP contribution in [0.5, 0.6) is 0 Å². The molecule has 2 unspecified atom stereocenters. The number of aliphatic hydroxyl groups is 1. The zero-order valence-electron chi connectivity index (χ0n) is 17.0. The zero-order valence-corrected chi connectivity index (χ0v) is 17.8. The predicted octanol–water partition coefficient (Wildman–Crippen LogP) is 4.58. The highest BCUT2D eigenvalue weighted by Crippen LogP contribution is 2.38. The molecule has 6 nitrogen and oxygen atoms in total. The van der Waals surface area contributed by atoms with E-state index in [1.54, 1.807) is 0 Å². The van der Waals surface area contributed by atoms with Crippen molar-refractivity contribution in [2.75, 3.05) is 4.90 Å². The molecular formula is C23H28N2O4S. The number of piperidine rings is 1. The average molecular weight is 429 g/mol. The molecule has 1 saturated carbocycles. The highest BCUT2D eigenvalue weighted by molar-refractivity contribution is 7.13. The molecule has 2 aliphatic rings. The van der Waals surface area contributed by atoms with Gasteiger partial charge in [-0.25, -0.2) is 9.78 Å². The van der Waals surface area contributed by atoms with Crippen LogP contribution in [0.15, 0.2) is 30.5 Å². The number of hydrogen-bond acceptors (Lipinski definition) is 5. The molecule has 7 heteroatoms. The second-order valence-electron chi connectivity index (χ2n) is 8.35. The summed E-state index contributed by atoms with van der Waals surface area (Å²) in [5.41, 5.74) is 1.83. The van der Waals surface area contributed by atoms with Gasteiger partial charge in [-0.2, -0.15) is 0 Å². The molecule has 1 aromatic carbocycles. The number of anilines is 1. The van der Waals surface area contributed by atoms with Gasteiger partial charge in [-0.05, 0) is 68.6 Å². The molecule has 30 heavy (non-hydrogen) atoms. The van der Waals surface area contributed by atoms with E-state index in [0.29, 0.717) is 12.3 Å². The van der Waals surface area contributed by atoms with Crippen LogP contribution >= 0.6 is 11.3 Å². The molecule has 2 atom stereocenters. The summed E-state index contributed by atoms with van der Waals surface area (Å²) in [7, 11) is 0. The third-order valence-corrected chi connectivity index (χ3v) is 7.41. The van der Waals surface area contributed by atoms with E-state index in [4.69, 9.17) is 5.11 Å². The normalized spacial score (nSPS) is 20.8. The van der Waals surface area contributed by atoms with E-state index in [2.05, 4.69) is 4.98 Å². The van der Waals surface area contributed by atoms with Crippen molar-refractivity contribution in [3.05, 3.63) is 45.9 Å². The summed E-state index contributed by atoms with van der Waals surface area (Å²) in [6.07, 6.45) is 9.26. The van der Waals surface area contributed by atoms with Gasteiger partial charge in [0.15, 0.2) is 0 Å². The first-order valence-corrected chi connectivity index (χ1v) is 11.6. The van der Waals surface area contributed by atoms with Gasteiger partial charge in [0.2, 0.25) is 5.91 Å². The number of nitrogens with zero attached hydrogens (tertiary/aromatic N) is 2. The van der Waals surface area contributed by atoms with Crippen LogP contribution < -0.4 is 4.90 Å². The third-order valence-electron chi connectivity index (χ3n) is 6.36. The minimum atomic E-state index is -0.936. The molecular weight excluding hydrogens is 400 g/mol. The highest BCUT2D eigenvalue weighted by atomic mass is 32.1. The van der Waals surface area contributed by atoms with Crippen LogP contribution in [-0.4, -0.2) is 33.1 Å².